The first-order valence-electron chi connectivity index (χ1n) is 10.2. The lowest BCUT2D eigenvalue weighted by Crippen LogP contribution is -2.55. The molecule has 1 aromatic rings. The summed E-state index contributed by atoms with van der Waals surface area (Å²) < 4.78 is 0. The minimum absolute atomic E-state index is 0.116. The predicted octanol–water partition coefficient (Wildman–Crippen LogP) is 3.00. The Bertz CT molecular complexity index is 831. The number of nitrogens with zero attached hydrogens (tertiary/aromatic N) is 3. The van der Waals surface area contributed by atoms with Crippen molar-refractivity contribution in [3.8, 4) is 0 Å². The molecule has 0 radical (unpaired) electrons. The first-order valence-corrected chi connectivity index (χ1v) is 10.6. The molecule has 1 fully saturated rings. The molecule has 0 spiro atoms. The van der Waals surface area contributed by atoms with Crippen LogP contribution in [0.1, 0.15) is 26.3 Å². The van der Waals surface area contributed by atoms with E-state index < -0.39 is 0 Å². The van der Waals surface area contributed by atoms with Gasteiger partial charge in [-0.25, -0.2) is 0 Å². The Hall–Kier alpha value is -2.77. The molecular formula is C23H29N3O3S. The Balaban J connectivity index is 2.08. The number of hydrogen-bond donors (Lipinski definition) is 1. The summed E-state index contributed by atoms with van der Waals surface area (Å²) >= 11 is 5.25. The van der Waals surface area contributed by atoms with E-state index in [1.54, 1.807) is 18.2 Å². The molecule has 0 atom stereocenters. The van der Waals surface area contributed by atoms with E-state index in [9.17, 15) is 9.59 Å². The van der Waals surface area contributed by atoms with E-state index in [4.69, 9.17) is 17.3 Å². The van der Waals surface area contributed by atoms with Gasteiger partial charge in [0.05, 0.1) is 6.61 Å². The maximum Gasteiger partial charge on any atom is 0.265 e. The van der Waals surface area contributed by atoms with Gasteiger partial charge in [0, 0.05) is 31.9 Å². The molecule has 160 valence electrons. The van der Waals surface area contributed by atoms with Gasteiger partial charge in [-0.15, -0.1) is 0 Å². The van der Waals surface area contributed by atoms with Crippen LogP contribution in [0, 0.1) is 0 Å². The van der Waals surface area contributed by atoms with E-state index in [0.29, 0.717) is 19.6 Å². The number of amides is 2. The van der Waals surface area contributed by atoms with E-state index in [1.165, 1.54) is 9.80 Å². The molecule has 0 aliphatic carbocycles. The van der Waals surface area contributed by atoms with Crippen molar-refractivity contribution in [2.24, 2.45) is 0 Å². The molecule has 2 rings (SSSR count). The number of aliphatic hydroxyl groups is 1. The zero-order valence-corrected chi connectivity index (χ0v) is 18.6. The molecule has 1 N–H and O–H groups in total. The molecular weight excluding hydrogens is 398 g/mol. The van der Waals surface area contributed by atoms with Gasteiger partial charge >= 0.3 is 0 Å². The number of carbonyl (C=O) groups is 2. The minimum Gasteiger partial charge on any atom is -0.395 e. The molecule has 6 nitrogen and oxygen atoms in total. The van der Waals surface area contributed by atoms with Crippen molar-refractivity contribution in [1.82, 2.24) is 9.80 Å². The van der Waals surface area contributed by atoms with Crippen LogP contribution in [-0.2, 0) is 9.59 Å². The van der Waals surface area contributed by atoms with Gasteiger partial charge in [0.1, 0.15) is 5.57 Å². The Kier molecular flexibility index (Phi) is 8.95. The highest BCUT2D eigenvalue weighted by atomic mass is 32.1. The van der Waals surface area contributed by atoms with E-state index in [2.05, 4.69) is 11.8 Å². The number of likely N-dealkylation sites (N-methyl/N-ethyl adjacent to an activating group) is 3. The van der Waals surface area contributed by atoms with Crippen molar-refractivity contribution in [1.29, 1.82) is 0 Å². The van der Waals surface area contributed by atoms with Crippen molar-refractivity contribution < 1.29 is 14.7 Å². The van der Waals surface area contributed by atoms with Crippen LogP contribution >= 0.6 is 12.2 Å². The Morgan fingerprint density at radius 1 is 0.967 bits per heavy atom. The molecule has 30 heavy (non-hydrogen) atoms. The third-order valence-electron chi connectivity index (χ3n) is 4.83. The third kappa shape index (κ3) is 5.43. The van der Waals surface area contributed by atoms with Gasteiger partial charge < -0.3 is 10.0 Å². The van der Waals surface area contributed by atoms with Crippen LogP contribution in [0.4, 0.5) is 5.69 Å². The van der Waals surface area contributed by atoms with Gasteiger partial charge in [-0.05, 0) is 56.8 Å². The summed E-state index contributed by atoms with van der Waals surface area (Å²) in [6, 6.07) is 8.05. The highest BCUT2D eigenvalue weighted by Gasteiger charge is 2.37. The van der Waals surface area contributed by atoms with Crippen molar-refractivity contribution in [2.45, 2.75) is 20.8 Å². The van der Waals surface area contributed by atoms with Gasteiger partial charge in [0.25, 0.3) is 11.8 Å². The van der Waals surface area contributed by atoms with Gasteiger partial charge in [-0.3, -0.25) is 19.4 Å². The van der Waals surface area contributed by atoms with Crippen LogP contribution in [0.5, 0.6) is 0 Å². The summed E-state index contributed by atoms with van der Waals surface area (Å²) in [4.78, 5) is 30.0. The Morgan fingerprint density at radius 3 is 2.07 bits per heavy atom. The summed E-state index contributed by atoms with van der Waals surface area (Å²) in [5.74, 6) is -0.713. The Labute approximate surface area is 183 Å². The second-order valence-electron chi connectivity index (χ2n) is 6.60. The summed E-state index contributed by atoms with van der Waals surface area (Å²) in [7, 11) is 0. The second kappa shape index (κ2) is 11.4. The van der Waals surface area contributed by atoms with Gasteiger partial charge in [0.15, 0.2) is 5.11 Å². The van der Waals surface area contributed by atoms with Gasteiger partial charge in [-0.2, -0.15) is 0 Å². The van der Waals surface area contributed by atoms with Crippen LogP contribution in [0.3, 0.4) is 0 Å². The highest BCUT2D eigenvalue weighted by Crippen LogP contribution is 2.18. The van der Waals surface area contributed by atoms with Gasteiger partial charge in [-0.1, -0.05) is 36.4 Å². The average molecular weight is 428 g/mol. The molecule has 7 heteroatoms. The lowest BCUT2D eigenvalue weighted by molar-refractivity contribution is -0.133. The predicted molar refractivity (Wildman–Crippen MR) is 125 cm³/mol. The van der Waals surface area contributed by atoms with Crippen LogP contribution in [0.25, 0.3) is 6.08 Å². The average Bonchev–Trinajstić information content (AvgIpc) is 2.75. The maximum absolute atomic E-state index is 12.5. The van der Waals surface area contributed by atoms with E-state index in [1.807, 2.05) is 50.3 Å². The number of thiocarbonyl (C=S) groups is 1. The first-order chi connectivity index (χ1) is 14.5. The van der Waals surface area contributed by atoms with Crippen LogP contribution in [0.15, 0.2) is 54.1 Å². The SMILES string of the molecule is CCN1C(=O)C(=C/C=C/C=C/c2ccc(N(CC)CCO)cc2)C(=O)N(CC)C1=S. The number of allylic oxidation sites excluding steroid dienone is 4. The molecule has 1 aliphatic heterocycles. The number of benzene rings is 1. The summed E-state index contributed by atoms with van der Waals surface area (Å²) in [5.41, 5.74) is 2.21. The third-order valence-corrected chi connectivity index (χ3v) is 5.27. The van der Waals surface area contributed by atoms with E-state index in [-0.39, 0.29) is 29.1 Å². The minimum atomic E-state index is -0.357. The largest absolute Gasteiger partial charge is 0.395 e. The molecule has 0 unspecified atom stereocenters. The van der Waals surface area contributed by atoms with Crippen LogP contribution < -0.4 is 4.90 Å². The summed E-state index contributed by atoms with van der Waals surface area (Å²) in [6.07, 6.45) is 8.81. The van der Waals surface area contributed by atoms with E-state index in [0.717, 1.165) is 17.8 Å². The number of rotatable bonds is 9. The fourth-order valence-corrected chi connectivity index (χ4v) is 3.60. The molecule has 2 amide bonds. The monoisotopic (exact) mass is 427 g/mol. The quantitative estimate of drug-likeness (QED) is 0.284. The zero-order chi connectivity index (χ0) is 22.1. The molecule has 0 bridgehead atoms. The standard InChI is InChI=1S/C23H29N3O3S/c1-4-24(16-17-27)19-14-12-18(13-15-19)10-8-7-9-11-20-21(28)25(5-2)23(30)26(6-3)22(20)29/h7-15,27H,4-6,16-17H2,1-3H3/b9-7+,10-8+. The van der Waals surface area contributed by atoms with Crippen molar-refractivity contribution in [3.05, 3.63) is 59.7 Å². The Morgan fingerprint density at radius 2 is 1.57 bits per heavy atom. The number of carbonyl (C=O) groups excluding carboxylic acids is 2. The lowest BCUT2D eigenvalue weighted by atomic mass is 10.1. The van der Waals surface area contributed by atoms with Crippen LogP contribution in [0.2, 0.25) is 0 Å². The molecule has 1 aliphatic rings. The fraction of sp³-hybridized carbons (Fsp3) is 0.348. The fourth-order valence-electron chi connectivity index (χ4n) is 3.17. The smallest absolute Gasteiger partial charge is 0.265 e. The number of anilines is 1. The van der Waals surface area contributed by atoms with Crippen molar-refractivity contribution in [2.75, 3.05) is 37.7 Å². The molecule has 0 saturated carbocycles. The lowest BCUT2D eigenvalue weighted by Gasteiger charge is -2.35. The zero-order valence-electron chi connectivity index (χ0n) is 17.7. The number of aliphatic hydroxyl groups excluding tert-OH is 1. The van der Waals surface area contributed by atoms with E-state index >= 15 is 0 Å². The molecule has 0 aromatic heterocycles. The molecule has 1 aromatic carbocycles. The molecule has 1 saturated heterocycles. The van der Waals surface area contributed by atoms with Gasteiger partial charge in [0.2, 0.25) is 0 Å². The van der Waals surface area contributed by atoms with Crippen molar-refractivity contribution >= 4 is 40.9 Å². The second-order valence-corrected chi connectivity index (χ2v) is 6.97. The van der Waals surface area contributed by atoms with Crippen LogP contribution in [-0.4, -0.2) is 64.6 Å². The maximum atomic E-state index is 12.5. The summed E-state index contributed by atoms with van der Waals surface area (Å²) in [5, 5.41) is 9.39. The molecule has 1 heterocycles. The first kappa shape index (κ1) is 23.5. The van der Waals surface area contributed by atoms with Crippen molar-refractivity contribution in [3.63, 3.8) is 0 Å². The summed E-state index contributed by atoms with van der Waals surface area (Å²) in [6.45, 7) is 8.13. The normalized spacial score (nSPS) is 15.1. The number of hydrogen-bond acceptors (Lipinski definition) is 5. The highest BCUT2D eigenvalue weighted by molar-refractivity contribution is 7.80. The topological polar surface area (TPSA) is 64.1 Å².